The first-order valence-corrected chi connectivity index (χ1v) is 7.10. The lowest BCUT2D eigenvalue weighted by Crippen LogP contribution is -2.59. The maximum absolute atomic E-state index is 12.3. The van der Waals surface area contributed by atoms with Crippen molar-refractivity contribution in [1.29, 1.82) is 0 Å². The molecule has 1 heterocycles. The summed E-state index contributed by atoms with van der Waals surface area (Å²) in [7, 11) is 0. The molecule has 1 saturated heterocycles. The van der Waals surface area contributed by atoms with Gasteiger partial charge in [-0.2, -0.15) is 0 Å². The Hall–Kier alpha value is -0.970. The molecule has 0 bridgehead atoms. The molecule has 6 heteroatoms. The predicted molar refractivity (Wildman–Crippen MR) is 79.1 cm³/mol. The van der Waals surface area contributed by atoms with Crippen molar-refractivity contribution in [3.05, 3.63) is 28.2 Å². The first-order chi connectivity index (χ1) is 9.10. The van der Waals surface area contributed by atoms with E-state index in [1.807, 2.05) is 4.90 Å². The van der Waals surface area contributed by atoms with E-state index in [-0.39, 0.29) is 12.1 Å². The standard InChI is InChI=1S/C13H17Cl2N3O/c1-2-3-18(12-7-16-8-12)13(19)17-11-5-9(14)4-10(15)6-11/h4-6,12,16H,2-3,7-8H2,1H3,(H,17,19). The molecule has 2 N–H and O–H groups in total. The van der Waals surface area contributed by atoms with Crippen molar-refractivity contribution in [1.82, 2.24) is 10.2 Å². The van der Waals surface area contributed by atoms with Crippen LogP contribution in [0.5, 0.6) is 0 Å². The second-order valence-corrected chi connectivity index (χ2v) is 5.47. The molecule has 104 valence electrons. The minimum absolute atomic E-state index is 0.105. The Labute approximate surface area is 123 Å². The molecule has 1 fully saturated rings. The number of hydrogen-bond acceptors (Lipinski definition) is 2. The quantitative estimate of drug-likeness (QED) is 0.897. The van der Waals surface area contributed by atoms with E-state index in [1.165, 1.54) is 0 Å². The van der Waals surface area contributed by atoms with Gasteiger partial charge in [-0.3, -0.25) is 0 Å². The molecule has 0 radical (unpaired) electrons. The van der Waals surface area contributed by atoms with Crippen LogP contribution in [0.15, 0.2) is 18.2 Å². The van der Waals surface area contributed by atoms with Crippen LogP contribution in [0.3, 0.4) is 0 Å². The van der Waals surface area contributed by atoms with Gasteiger partial charge < -0.3 is 15.5 Å². The van der Waals surface area contributed by atoms with Crippen molar-refractivity contribution in [3.63, 3.8) is 0 Å². The van der Waals surface area contributed by atoms with Crippen LogP contribution < -0.4 is 10.6 Å². The number of anilines is 1. The minimum atomic E-state index is -0.105. The number of urea groups is 1. The molecule has 1 aromatic carbocycles. The second-order valence-electron chi connectivity index (χ2n) is 4.59. The Kier molecular flexibility index (Phi) is 4.91. The van der Waals surface area contributed by atoms with Gasteiger partial charge in [-0.05, 0) is 24.6 Å². The average molecular weight is 302 g/mol. The fourth-order valence-corrected chi connectivity index (χ4v) is 2.53. The lowest BCUT2D eigenvalue weighted by molar-refractivity contribution is 0.161. The summed E-state index contributed by atoms with van der Waals surface area (Å²) < 4.78 is 0. The van der Waals surface area contributed by atoms with E-state index < -0.39 is 0 Å². The van der Waals surface area contributed by atoms with Crippen molar-refractivity contribution >= 4 is 34.9 Å². The number of benzene rings is 1. The van der Waals surface area contributed by atoms with E-state index in [2.05, 4.69) is 17.6 Å². The molecular formula is C13H17Cl2N3O. The molecule has 0 saturated carbocycles. The zero-order valence-electron chi connectivity index (χ0n) is 10.7. The molecule has 4 nitrogen and oxygen atoms in total. The number of nitrogens with zero attached hydrogens (tertiary/aromatic N) is 1. The maximum Gasteiger partial charge on any atom is 0.322 e. The van der Waals surface area contributed by atoms with E-state index in [9.17, 15) is 4.79 Å². The van der Waals surface area contributed by atoms with Gasteiger partial charge in [-0.1, -0.05) is 30.1 Å². The van der Waals surface area contributed by atoms with E-state index in [4.69, 9.17) is 23.2 Å². The zero-order chi connectivity index (χ0) is 13.8. The van der Waals surface area contributed by atoms with Crippen LogP contribution >= 0.6 is 23.2 Å². The molecule has 0 unspecified atom stereocenters. The van der Waals surface area contributed by atoms with Crippen LogP contribution in [0.25, 0.3) is 0 Å². The first kappa shape index (κ1) is 14.4. The van der Waals surface area contributed by atoms with E-state index in [1.54, 1.807) is 18.2 Å². The summed E-state index contributed by atoms with van der Waals surface area (Å²) in [5.41, 5.74) is 0.621. The molecule has 1 aliphatic heterocycles. The number of hydrogen-bond donors (Lipinski definition) is 2. The number of carbonyl (C=O) groups excluding carboxylic acids is 1. The Bertz CT molecular complexity index is 443. The highest BCUT2D eigenvalue weighted by molar-refractivity contribution is 6.35. The van der Waals surface area contributed by atoms with Gasteiger partial charge in [0.15, 0.2) is 0 Å². The third-order valence-electron chi connectivity index (χ3n) is 3.04. The average Bonchev–Trinajstić information content (AvgIpc) is 2.24. The summed E-state index contributed by atoms with van der Waals surface area (Å²) in [6, 6.07) is 5.18. The van der Waals surface area contributed by atoms with Crippen LogP contribution in [-0.4, -0.2) is 36.6 Å². The van der Waals surface area contributed by atoms with Crippen LogP contribution in [0.4, 0.5) is 10.5 Å². The van der Waals surface area contributed by atoms with Crippen LogP contribution in [-0.2, 0) is 0 Å². The van der Waals surface area contributed by atoms with Gasteiger partial charge in [0.2, 0.25) is 0 Å². The number of amides is 2. The normalized spacial score (nSPS) is 14.9. The van der Waals surface area contributed by atoms with Crippen molar-refractivity contribution in [3.8, 4) is 0 Å². The predicted octanol–water partition coefficient (Wildman–Crippen LogP) is 3.21. The molecular weight excluding hydrogens is 285 g/mol. The van der Waals surface area contributed by atoms with Crippen LogP contribution in [0.1, 0.15) is 13.3 Å². The highest BCUT2D eigenvalue weighted by atomic mass is 35.5. The zero-order valence-corrected chi connectivity index (χ0v) is 12.3. The summed E-state index contributed by atoms with van der Waals surface area (Å²) in [4.78, 5) is 14.1. The smallest absolute Gasteiger partial charge is 0.319 e. The van der Waals surface area contributed by atoms with Gasteiger partial charge in [0.25, 0.3) is 0 Å². The summed E-state index contributed by atoms with van der Waals surface area (Å²) >= 11 is 11.8. The molecule has 1 aliphatic rings. The minimum Gasteiger partial charge on any atom is -0.319 e. The molecule has 19 heavy (non-hydrogen) atoms. The molecule has 0 atom stereocenters. The van der Waals surface area contributed by atoms with Crippen molar-refractivity contribution < 1.29 is 4.79 Å². The van der Waals surface area contributed by atoms with Crippen molar-refractivity contribution in [2.24, 2.45) is 0 Å². The van der Waals surface area contributed by atoms with E-state index in [0.717, 1.165) is 26.1 Å². The number of rotatable bonds is 4. The monoisotopic (exact) mass is 301 g/mol. The molecule has 0 aliphatic carbocycles. The third kappa shape index (κ3) is 3.75. The molecule has 2 rings (SSSR count). The largest absolute Gasteiger partial charge is 0.322 e. The Morgan fingerprint density at radius 3 is 2.47 bits per heavy atom. The number of carbonyl (C=O) groups is 1. The second kappa shape index (κ2) is 6.46. The number of halogens is 2. The van der Waals surface area contributed by atoms with Gasteiger partial charge in [0, 0.05) is 35.4 Å². The van der Waals surface area contributed by atoms with Gasteiger partial charge >= 0.3 is 6.03 Å². The fourth-order valence-electron chi connectivity index (χ4n) is 2.01. The van der Waals surface area contributed by atoms with E-state index >= 15 is 0 Å². The van der Waals surface area contributed by atoms with Crippen LogP contribution in [0, 0.1) is 0 Å². The molecule has 0 aromatic heterocycles. The molecule has 0 spiro atoms. The molecule has 2 amide bonds. The topological polar surface area (TPSA) is 44.4 Å². The Morgan fingerprint density at radius 2 is 2.00 bits per heavy atom. The lowest BCUT2D eigenvalue weighted by atomic mass is 10.1. The Morgan fingerprint density at radius 1 is 1.37 bits per heavy atom. The van der Waals surface area contributed by atoms with E-state index in [0.29, 0.717) is 15.7 Å². The molecule has 1 aromatic rings. The fraction of sp³-hybridized carbons (Fsp3) is 0.462. The maximum atomic E-state index is 12.3. The third-order valence-corrected chi connectivity index (χ3v) is 3.48. The van der Waals surface area contributed by atoms with Crippen molar-refractivity contribution in [2.45, 2.75) is 19.4 Å². The summed E-state index contributed by atoms with van der Waals surface area (Å²) in [6.07, 6.45) is 0.931. The van der Waals surface area contributed by atoms with Gasteiger partial charge in [0.1, 0.15) is 0 Å². The summed E-state index contributed by atoms with van der Waals surface area (Å²) in [6.45, 7) is 4.50. The highest BCUT2D eigenvalue weighted by Gasteiger charge is 2.27. The summed E-state index contributed by atoms with van der Waals surface area (Å²) in [5, 5.41) is 7.04. The SMILES string of the molecule is CCCN(C(=O)Nc1cc(Cl)cc(Cl)c1)C1CNC1. The van der Waals surface area contributed by atoms with Crippen LogP contribution in [0.2, 0.25) is 10.0 Å². The van der Waals surface area contributed by atoms with Gasteiger partial charge in [-0.25, -0.2) is 4.79 Å². The summed E-state index contributed by atoms with van der Waals surface area (Å²) in [5.74, 6) is 0. The van der Waals surface area contributed by atoms with Gasteiger partial charge in [-0.15, -0.1) is 0 Å². The van der Waals surface area contributed by atoms with Crippen molar-refractivity contribution in [2.75, 3.05) is 25.0 Å². The number of nitrogens with one attached hydrogen (secondary N) is 2. The lowest BCUT2D eigenvalue weighted by Gasteiger charge is -2.38. The van der Waals surface area contributed by atoms with Gasteiger partial charge in [0.05, 0.1) is 6.04 Å². The highest BCUT2D eigenvalue weighted by Crippen LogP contribution is 2.23. The first-order valence-electron chi connectivity index (χ1n) is 6.34. The Balaban J connectivity index is 2.05.